The molecule has 4 atom stereocenters. The topological polar surface area (TPSA) is 91.5 Å². The molecule has 2 aliphatic heterocycles. The monoisotopic (exact) mass is 392 g/mol. The van der Waals surface area contributed by atoms with Crippen molar-refractivity contribution in [1.29, 1.82) is 0 Å². The van der Waals surface area contributed by atoms with Gasteiger partial charge in [-0.05, 0) is 13.8 Å². The molecule has 8 nitrogen and oxygen atoms in total. The van der Waals surface area contributed by atoms with Gasteiger partial charge in [-0.2, -0.15) is 5.10 Å². The molecule has 0 spiro atoms. The lowest BCUT2D eigenvalue weighted by atomic mass is 10.1. The Morgan fingerprint density at radius 2 is 1.85 bits per heavy atom. The van der Waals surface area contributed by atoms with Gasteiger partial charge in [0.1, 0.15) is 24.0 Å². The fraction of sp³-hybridized carbons (Fsp3) is 0.667. The number of hydrogen-bond donors (Lipinski definition) is 1. The van der Waals surface area contributed by atoms with Gasteiger partial charge in [0.15, 0.2) is 23.5 Å². The first-order valence-electron chi connectivity index (χ1n) is 8.15. The number of nitrogens with zero attached hydrogens (tertiary/aromatic N) is 4. The highest BCUT2D eigenvalue weighted by molar-refractivity contribution is 5.77. The van der Waals surface area contributed by atoms with Gasteiger partial charge < -0.3 is 19.3 Å². The van der Waals surface area contributed by atoms with Crippen LogP contribution in [-0.2, 0) is 14.2 Å². The third-order valence-electron chi connectivity index (χ3n) is 4.45. The van der Waals surface area contributed by atoms with Crippen LogP contribution in [0.5, 0.6) is 0 Å². The van der Waals surface area contributed by atoms with E-state index in [1.165, 1.54) is 0 Å². The van der Waals surface area contributed by atoms with Crippen molar-refractivity contribution < 1.29 is 36.9 Å². The smallest absolute Gasteiger partial charge is 0.297 e. The highest BCUT2D eigenvalue weighted by atomic mass is 19.3. The molecular formula is C15H16F4N4O4. The second kappa shape index (κ2) is 6.33. The zero-order chi connectivity index (χ0) is 19.5. The molecule has 0 saturated carbocycles. The zero-order valence-corrected chi connectivity index (χ0v) is 14.2. The minimum absolute atomic E-state index is 0.167. The first-order chi connectivity index (χ1) is 12.7. The second-order valence-electron chi connectivity index (χ2n) is 6.71. The Kier molecular flexibility index (Phi) is 4.33. The van der Waals surface area contributed by atoms with Crippen LogP contribution in [0.1, 0.15) is 44.4 Å². The predicted molar refractivity (Wildman–Crippen MR) is 80.1 cm³/mol. The number of alkyl halides is 4. The maximum Gasteiger partial charge on any atom is 0.297 e. The summed E-state index contributed by atoms with van der Waals surface area (Å²) in [4.78, 5) is 6.95. The van der Waals surface area contributed by atoms with Crippen molar-refractivity contribution in [2.75, 3.05) is 6.61 Å². The summed E-state index contributed by atoms with van der Waals surface area (Å²) in [7, 11) is 0. The van der Waals surface area contributed by atoms with Crippen LogP contribution in [0.3, 0.4) is 0 Å². The van der Waals surface area contributed by atoms with E-state index < -0.39 is 54.7 Å². The van der Waals surface area contributed by atoms with Crippen molar-refractivity contribution in [3.63, 3.8) is 0 Å². The SMILES string of the molecule is CC1(C)O[C@@H]2[C@H](O1)[C@@H](CO)O[C@H]2n1ncc2c(C(F)F)nc(C(F)F)nc21. The second-order valence-corrected chi connectivity index (χ2v) is 6.71. The van der Waals surface area contributed by atoms with Gasteiger partial charge in [-0.25, -0.2) is 32.2 Å². The summed E-state index contributed by atoms with van der Waals surface area (Å²) in [5.41, 5.74) is -1.06. The van der Waals surface area contributed by atoms with Crippen molar-refractivity contribution in [2.24, 2.45) is 0 Å². The Bertz CT molecular complexity index is 862. The molecule has 0 radical (unpaired) electrons. The molecule has 2 aromatic rings. The van der Waals surface area contributed by atoms with Gasteiger partial charge in [0.05, 0.1) is 18.2 Å². The zero-order valence-electron chi connectivity index (χ0n) is 14.2. The normalized spacial score (nSPS) is 30.0. The van der Waals surface area contributed by atoms with Crippen LogP contribution in [-0.4, -0.2) is 55.6 Å². The molecule has 0 bridgehead atoms. The fourth-order valence-electron chi connectivity index (χ4n) is 3.42. The van der Waals surface area contributed by atoms with E-state index in [0.29, 0.717) is 0 Å². The van der Waals surface area contributed by atoms with E-state index in [4.69, 9.17) is 14.2 Å². The van der Waals surface area contributed by atoms with Gasteiger partial charge in [-0.1, -0.05) is 0 Å². The third-order valence-corrected chi connectivity index (χ3v) is 4.45. The molecule has 0 amide bonds. The molecule has 12 heteroatoms. The Morgan fingerprint density at radius 3 is 2.48 bits per heavy atom. The maximum atomic E-state index is 13.3. The van der Waals surface area contributed by atoms with E-state index in [1.54, 1.807) is 13.8 Å². The number of aliphatic hydroxyl groups is 1. The van der Waals surface area contributed by atoms with Crippen LogP contribution in [0.4, 0.5) is 17.6 Å². The Hall–Kier alpha value is -1.89. The molecule has 2 aromatic heterocycles. The van der Waals surface area contributed by atoms with Gasteiger partial charge >= 0.3 is 0 Å². The summed E-state index contributed by atoms with van der Waals surface area (Å²) >= 11 is 0. The van der Waals surface area contributed by atoms with Crippen LogP contribution < -0.4 is 0 Å². The highest BCUT2D eigenvalue weighted by Gasteiger charge is 2.56. The summed E-state index contributed by atoms with van der Waals surface area (Å²) in [6, 6.07) is 0. The van der Waals surface area contributed by atoms with Gasteiger partial charge in [0, 0.05) is 0 Å². The number of halogens is 4. The van der Waals surface area contributed by atoms with Crippen molar-refractivity contribution in [1.82, 2.24) is 19.7 Å². The van der Waals surface area contributed by atoms with Crippen molar-refractivity contribution in [2.45, 2.75) is 57.0 Å². The van der Waals surface area contributed by atoms with Crippen LogP contribution in [0.2, 0.25) is 0 Å². The molecule has 0 aliphatic carbocycles. The van der Waals surface area contributed by atoms with E-state index >= 15 is 0 Å². The highest BCUT2D eigenvalue weighted by Crippen LogP contribution is 2.43. The average molecular weight is 392 g/mol. The minimum Gasteiger partial charge on any atom is -0.394 e. The molecule has 1 N–H and O–H groups in total. The van der Waals surface area contributed by atoms with E-state index in [1.807, 2.05) is 0 Å². The summed E-state index contributed by atoms with van der Waals surface area (Å²) in [5, 5.41) is 13.4. The van der Waals surface area contributed by atoms with E-state index in [2.05, 4.69) is 15.1 Å². The van der Waals surface area contributed by atoms with Crippen LogP contribution in [0, 0.1) is 0 Å². The number of hydrogen-bond acceptors (Lipinski definition) is 7. The van der Waals surface area contributed by atoms with Crippen LogP contribution in [0.15, 0.2) is 6.20 Å². The standard InChI is InChI=1S/C15H16F4N4O4/c1-15(2)26-8-6(4-24)25-14(9(8)27-15)23-13-5(3-20-23)7(10(16)17)21-12(22-13)11(18)19/h3,6,8-11,14,24H,4H2,1-2H3/t6-,8-,9-,14-/m1/s1. The largest absolute Gasteiger partial charge is 0.394 e. The number of rotatable bonds is 4. The van der Waals surface area contributed by atoms with Crippen molar-refractivity contribution >= 4 is 11.0 Å². The molecule has 2 aliphatic rings. The minimum atomic E-state index is -3.14. The van der Waals surface area contributed by atoms with Crippen molar-refractivity contribution in [3.8, 4) is 0 Å². The van der Waals surface area contributed by atoms with E-state index in [0.717, 1.165) is 10.9 Å². The lowest BCUT2D eigenvalue weighted by molar-refractivity contribution is -0.201. The molecule has 4 heterocycles. The van der Waals surface area contributed by atoms with Gasteiger partial charge in [0.25, 0.3) is 12.9 Å². The van der Waals surface area contributed by atoms with E-state index in [-0.39, 0.29) is 17.6 Å². The Morgan fingerprint density at radius 1 is 1.15 bits per heavy atom. The average Bonchev–Trinajstić information content (AvgIpc) is 3.23. The number of fused-ring (bicyclic) bond motifs is 2. The summed E-state index contributed by atoms with van der Waals surface area (Å²) < 4.78 is 71.0. The van der Waals surface area contributed by atoms with Gasteiger partial charge in [-0.15, -0.1) is 0 Å². The number of ether oxygens (including phenoxy) is 3. The summed E-state index contributed by atoms with van der Waals surface area (Å²) in [5.74, 6) is -2.00. The quantitative estimate of drug-likeness (QED) is 0.797. The van der Waals surface area contributed by atoms with Crippen LogP contribution >= 0.6 is 0 Å². The van der Waals surface area contributed by atoms with Gasteiger partial charge in [-0.3, -0.25) is 0 Å². The Labute approximate surface area is 150 Å². The lowest BCUT2D eigenvalue weighted by Gasteiger charge is -2.23. The first kappa shape index (κ1) is 18.5. The molecule has 0 aromatic carbocycles. The third kappa shape index (κ3) is 2.96. The van der Waals surface area contributed by atoms with E-state index in [9.17, 15) is 22.7 Å². The first-order valence-corrected chi connectivity index (χ1v) is 8.15. The van der Waals surface area contributed by atoms with Crippen LogP contribution in [0.25, 0.3) is 11.0 Å². The molecular weight excluding hydrogens is 376 g/mol. The van der Waals surface area contributed by atoms with Crippen molar-refractivity contribution in [3.05, 3.63) is 17.7 Å². The number of aromatic nitrogens is 4. The Balaban J connectivity index is 1.82. The molecule has 2 fully saturated rings. The molecule has 27 heavy (non-hydrogen) atoms. The predicted octanol–water partition coefficient (Wildman–Crippen LogP) is 2.11. The molecule has 2 saturated heterocycles. The molecule has 4 rings (SSSR count). The lowest BCUT2D eigenvalue weighted by Crippen LogP contribution is -2.31. The summed E-state index contributed by atoms with van der Waals surface area (Å²) in [6.45, 7) is 2.96. The summed E-state index contributed by atoms with van der Waals surface area (Å²) in [6.07, 6.45) is -8.29. The number of aliphatic hydroxyl groups excluding tert-OH is 1. The molecule has 0 unspecified atom stereocenters. The fourth-order valence-corrected chi connectivity index (χ4v) is 3.42. The van der Waals surface area contributed by atoms with Gasteiger partial charge in [0.2, 0.25) is 0 Å². The maximum absolute atomic E-state index is 13.3. The molecule has 148 valence electrons.